The second kappa shape index (κ2) is 5.71. The molecule has 0 fully saturated rings. The van der Waals surface area contributed by atoms with Crippen LogP contribution in [-0.4, -0.2) is 8.42 Å². The lowest BCUT2D eigenvalue weighted by molar-refractivity contribution is 0.587. The third-order valence-corrected chi connectivity index (χ3v) is 5.12. The molecule has 0 aliphatic carbocycles. The molecule has 0 bridgehead atoms. The van der Waals surface area contributed by atoms with Crippen molar-refractivity contribution in [1.82, 2.24) is 0 Å². The smallest absolute Gasteiger partial charge is 0.184 e. The van der Waals surface area contributed by atoms with Crippen molar-refractivity contribution in [1.29, 1.82) is 0 Å². The van der Waals surface area contributed by atoms with Crippen molar-refractivity contribution in [3.63, 3.8) is 0 Å². The Bertz CT molecular complexity index is 765. The molecule has 0 amide bonds. The Morgan fingerprint density at radius 2 is 1.90 bits per heavy atom. The maximum Gasteiger partial charge on any atom is 0.184 e. The minimum absolute atomic E-state index is 0.0490. The van der Waals surface area contributed by atoms with E-state index in [0.717, 1.165) is 0 Å². The molecule has 0 aliphatic heterocycles. The molecular weight excluding hydrogens is 369 g/mol. The van der Waals surface area contributed by atoms with Crippen molar-refractivity contribution in [2.45, 2.75) is 10.6 Å². The highest BCUT2D eigenvalue weighted by Gasteiger charge is 2.20. The van der Waals surface area contributed by atoms with Crippen LogP contribution in [0.4, 0.5) is 10.1 Å². The van der Waals surface area contributed by atoms with Crippen molar-refractivity contribution in [3.05, 3.63) is 57.3 Å². The summed E-state index contributed by atoms with van der Waals surface area (Å²) in [4.78, 5) is -0.0544. The Balaban J connectivity index is 2.43. The van der Waals surface area contributed by atoms with Crippen LogP contribution >= 0.6 is 27.5 Å². The molecule has 106 valence electrons. The van der Waals surface area contributed by atoms with Crippen molar-refractivity contribution in [2.24, 2.45) is 0 Å². The number of benzene rings is 2. The average Bonchev–Trinajstić information content (AvgIpc) is 2.33. The van der Waals surface area contributed by atoms with E-state index in [1.165, 1.54) is 36.4 Å². The predicted molar refractivity (Wildman–Crippen MR) is 80.9 cm³/mol. The Labute approximate surface area is 129 Å². The monoisotopic (exact) mass is 377 g/mol. The van der Waals surface area contributed by atoms with Gasteiger partial charge in [0.15, 0.2) is 9.84 Å². The van der Waals surface area contributed by atoms with Gasteiger partial charge in [0.05, 0.1) is 16.3 Å². The fourth-order valence-corrected chi connectivity index (χ4v) is 3.81. The summed E-state index contributed by atoms with van der Waals surface area (Å²) < 4.78 is 38.8. The van der Waals surface area contributed by atoms with Gasteiger partial charge in [-0.25, -0.2) is 12.8 Å². The number of nitrogen functional groups attached to an aromatic ring is 1. The molecule has 3 nitrogen and oxygen atoms in total. The molecule has 20 heavy (non-hydrogen) atoms. The molecule has 7 heteroatoms. The van der Waals surface area contributed by atoms with Gasteiger partial charge < -0.3 is 5.73 Å². The molecule has 0 atom stereocenters. The quantitative estimate of drug-likeness (QED) is 0.827. The molecule has 0 saturated carbocycles. The molecule has 0 spiro atoms. The predicted octanol–water partition coefficient (Wildman–Crippen LogP) is 3.80. The Kier molecular flexibility index (Phi) is 4.36. The molecule has 2 N–H and O–H groups in total. The van der Waals surface area contributed by atoms with Gasteiger partial charge >= 0.3 is 0 Å². The lowest BCUT2D eigenvalue weighted by Gasteiger charge is -2.09. The van der Waals surface area contributed by atoms with Crippen LogP contribution in [0.3, 0.4) is 0 Å². The molecule has 2 rings (SSSR count). The van der Waals surface area contributed by atoms with Crippen molar-refractivity contribution in [3.8, 4) is 0 Å². The highest BCUT2D eigenvalue weighted by molar-refractivity contribution is 9.10. The third-order valence-electron chi connectivity index (χ3n) is 2.66. The van der Waals surface area contributed by atoms with E-state index in [-0.39, 0.29) is 16.1 Å². The van der Waals surface area contributed by atoms with E-state index < -0.39 is 21.4 Å². The van der Waals surface area contributed by atoms with Gasteiger partial charge in [-0.2, -0.15) is 0 Å². The summed E-state index contributed by atoms with van der Waals surface area (Å²) in [6.07, 6.45) is 0. The van der Waals surface area contributed by atoms with Crippen molar-refractivity contribution >= 4 is 43.1 Å². The summed E-state index contributed by atoms with van der Waals surface area (Å²) in [7, 11) is -3.74. The van der Waals surface area contributed by atoms with E-state index in [9.17, 15) is 12.8 Å². The number of nitrogens with two attached hydrogens (primary N) is 1. The normalized spacial score (nSPS) is 11.6. The van der Waals surface area contributed by atoms with Gasteiger partial charge in [0, 0.05) is 15.1 Å². The molecule has 0 unspecified atom stereocenters. The zero-order valence-electron chi connectivity index (χ0n) is 10.1. The largest absolute Gasteiger partial charge is 0.398 e. The van der Waals surface area contributed by atoms with Crippen LogP contribution in [0.15, 0.2) is 45.8 Å². The molecule has 0 saturated heterocycles. The first-order valence-electron chi connectivity index (χ1n) is 5.51. The number of halogens is 3. The van der Waals surface area contributed by atoms with E-state index in [1.54, 1.807) is 0 Å². The van der Waals surface area contributed by atoms with Gasteiger partial charge in [0.25, 0.3) is 0 Å². The van der Waals surface area contributed by atoms with Crippen LogP contribution < -0.4 is 5.73 Å². The minimum atomic E-state index is -3.74. The van der Waals surface area contributed by atoms with E-state index in [2.05, 4.69) is 15.9 Å². The fourth-order valence-electron chi connectivity index (χ4n) is 1.74. The first-order valence-corrected chi connectivity index (χ1v) is 8.33. The SMILES string of the molecule is Nc1cc(Cl)ccc1S(=O)(=O)Cc1cc(Br)ccc1F. The number of anilines is 1. The highest BCUT2D eigenvalue weighted by Crippen LogP contribution is 2.27. The van der Waals surface area contributed by atoms with Gasteiger partial charge in [0.2, 0.25) is 0 Å². The standard InChI is InChI=1S/C13H10BrClFNO2S/c14-9-1-3-11(16)8(5-9)7-20(18,19)13-4-2-10(15)6-12(13)17/h1-6H,7,17H2. The second-order valence-electron chi connectivity index (χ2n) is 4.18. The van der Waals surface area contributed by atoms with Crippen LogP contribution in [0.1, 0.15) is 5.56 Å². The zero-order chi connectivity index (χ0) is 14.9. The number of rotatable bonds is 3. The van der Waals surface area contributed by atoms with Gasteiger partial charge in [-0.1, -0.05) is 27.5 Å². The third kappa shape index (κ3) is 3.31. The summed E-state index contributed by atoms with van der Waals surface area (Å²) >= 11 is 8.91. The van der Waals surface area contributed by atoms with E-state index in [4.69, 9.17) is 17.3 Å². The van der Waals surface area contributed by atoms with Crippen LogP contribution in [0.5, 0.6) is 0 Å². The summed E-state index contributed by atoms with van der Waals surface area (Å²) in [5, 5.41) is 0.343. The number of sulfone groups is 1. The van der Waals surface area contributed by atoms with E-state index in [0.29, 0.717) is 9.50 Å². The van der Waals surface area contributed by atoms with Gasteiger partial charge in [-0.05, 0) is 36.4 Å². The molecule has 0 aliphatic rings. The number of hydrogen-bond acceptors (Lipinski definition) is 3. The van der Waals surface area contributed by atoms with Crippen LogP contribution in [0.2, 0.25) is 5.02 Å². The van der Waals surface area contributed by atoms with Crippen molar-refractivity contribution in [2.75, 3.05) is 5.73 Å². The van der Waals surface area contributed by atoms with Crippen LogP contribution in [0, 0.1) is 5.82 Å². The zero-order valence-corrected chi connectivity index (χ0v) is 13.3. The first kappa shape index (κ1) is 15.3. The summed E-state index contributed by atoms with van der Waals surface area (Å²) in [6.45, 7) is 0. The molecular formula is C13H10BrClFNO2S. The number of hydrogen-bond donors (Lipinski definition) is 1. The molecule has 0 aromatic heterocycles. The lowest BCUT2D eigenvalue weighted by Crippen LogP contribution is -2.09. The molecule has 0 heterocycles. The Morgan fingerprint density at radius 3 is 2.55 bits per heavy atom. The topological polar surface area (TPSA) is 60.2 Å². The van der Waals surface area contributed by atoms with Gasteiger partial charge in [0.1, 0.15) is 5.82 Å². The maximum atomic E-state index is 13.6. The second-order valence-corrected chi connectivity index (χ2v) is 7.49. The maximum absolute atomic E-state index is 13.6. The molecule has 2 aromatic rings. The van der Waals surface area contributed by atoms with Gasteiger partial charge in [-0.15, -0.1) is 0 Å². The van der Waals surface area contributed by atoms with Crippen LogP contribution in [-0.2, 0) is 15.6 Å². The summed E-state index contributed by atoms with van der Waals surface area (Å²) in [6, 6.07) is 8.25. The fraction of sp³-hybridized carbons (Fsp3) is 0.0769. The molecule has 2 aromatic carbocycles. The molecule has 0 radical (unpaired) electrons. The van der Waals surface area contributed by atoms with E-state index in [1.807, 2.05) is 0 Å². The summed E-state index contributed by atoms with van der Waals surface area (Å²) in [5.41, 5.74) is 5.79. The Morgan fingerprint density at radius 1 is 1.20 bits per heavy atom. The average molecular weight is 379 g/mol. The Hall–Kier alpha value is -1.11. The van der Waals surface area contributed by atoms with Gasteiger partial charge in [-0.3, -0.25) is 0 Å². The highest BCUT2D eigenvalue weighted by atomic mass is 79.9. The minimum Gasteiger partial charge on any atom is -0.398 e. The van der Waals surface area contributed by atoms with Crippen molar-refractivity contribution < 1.29 is 12.8 Å². The lowest BCUT2D eigenvalue weighted by atomic mass is 10.2. The summed E-state index contributed by atoms with van der Waals surface area (Å²) in [5.74, 6) is -1.05. The first-order chi connectivity index (χ1) is 9.29. The van der Waals surface area contributed by atoms with Crippen LogP contribution in [0.25, 0.3) is 0 Å². The van der Waals surface area contributed by atoms with E-state index >= 15 is 0 Å².